The number of pyridine rings is 1. The minimum absolute atomic E-state index is 0.0758. The van der Waals surface area contributed by atoms with E-state index in [-0.39, 0.29) is 47.5 Å². The Balaban J connectivity index is 1.50. The number of hydrogen-bond acceptors (Lipinski definition) is 7. The van der Waals surface area contributed by atoms with Crippen LogP contribution in [0.5, 0.6) is 0 Å². The predicted octanol–water partition coefficient (Wildman–Crippen LogP) is 7.93. The van der Waals surface area contributed by atoms with Crippen LogP contribution in [0.1, 0.15) is 50.0 Å². The molecule has 1 aliphatic rings. The molecule has 5 aromatic rings. The average molecular weight is 840 g/mol. The van der Waals surface area contributed by atoms with Crippen LogP contribution in [0.25, 0.3) is 0 Å². The molecule has 3 atom stereocenters. The van der Waals surface area contributed by atoms with Gasteiger partial charge in [-0.2, -0.15) is 0 Å². The number of anilines is 1. The second kappa shape index (κ2) is 18.7. The van der Waals surface area contributed by atoms with E-state index < -0.39 is 39.2 Å². The van der Waals surface area contributed by atoms with Gasteiger partial charge in [0.1, 0.15) is 12.0 Å². The maximum absolute atomic E-state index is 15.2. The number of esters is 1. The Kier molecular flexibility index (Phi) is 13.7. The molecule has 1 saturated heterocycles. The number of amides is 2. The third-order valence-corrected chi connectivity index (χ3v) is 20.4. The number of ether oxygens (including phenoxy) is 1. The number of nitrogens with one attached hydrogen (secondary N) is 1. The molecule has 310 valence electrons. The van der Waals surface area contributed by atoms with Crippen molar-refractivity contribution >= 4 is 65.8 Å². The number of likely N-dealkylation sites (tertiary alicyclic amines) is 1. The molecule has 1 aromatic heterocycles. The molecule has 2 heterocycles. The number of benzene rings is 4. The lowest BCUT2D eigenvalue weighted by molar-refractivity contribution is -0.156. The van der Waals surface area contributed by atoms with E-state index in [1.165, 1.54) is 6.08 Å². The van der Waals surface area contributed by atoms with Gasteiger partial charge >= 0.3 is 5.97 Å². The highest BCUT2D eigenvalue weighted by Gasteiger charge is 2.57. The quantitative estimate of drug-likeness (QED) is 0.0268. The number of carbonyl (C=O) groups excluding carboxylic acids is 4. The van der Waals surface area contributed by atoms with Crippen molar-refractivity contribution in [3.05, 3.63) is 164 Å². The van der Waals surface area contributed by atoms with Crippen LogP contribution >= 0.6 is 6.89 Å². The van der Waals surface area contributed by atoms with Gasteiger partial charge in [-0.15, -0.1) is 0 Å². The first-order valence-corrected chi connectivity index (χ1v) is 24.9. The number of β-lactam (4-membered cyclic amide) rings is 1. The number of rotatable bonds is 16. The lowest BCUT2D eigenvalue weighted by Gasteiger charge is -2.53. The fourth-order valence-corrected chi connectivity index (χ4v) is 13.4. The van der Waals surface area contributed by atoms with E-state index in [2.05, 4.69) is 50.7 Å². The number of nitrogens with zero attached hydrogens (tertiary/aromatic N) is 2. The van der Waals surface area contributed by atoms with Gasteiger partial charge in [0.05, 0.1) is 24.5 Å². The largest absolute Gasteiger partial charge is 0.457 e. The van der Waals surface area contributed by atoms with Gasteiger partial charge in [0, 0.05) is 37.0 Å². The Hall–Kier alpha value is -5.67. The van der Waals surface area contributed by atoms with Gasteiger partial charge in [0.25, 0.3) is 0 Å². The van der Waals surface area contributed by atoms with Crippen LogP contribution in [0.15, 0.2) is 152 Å². The van der Waals surface area contributed by atoms with Crippen molar-refractivity contribution in [1.82, 2.24) is 9.88 Å². The van der Waals surface area contributed by atoms with Crippen LogP contribution in [0.3, 0.4) is 0 Å². The van der Waals surface area contributed by atoms with Crippen molar-refractivity contribution in [2.75, 3.05) is 11.9 Å². The third-order valence-electron chi connectivity index (χ3n) is 11.6. The average Bonchev–Trinajstić information content (AvgIpc) is 3.23. The molecule has 0 saturated carbocycles. The van der Waals surface area contributed by atoms with Gasteiger partial charge in [-0.25, -0.2) is 4.79 Å². The highest BCUT2D eigenvalue weighted by Crippen LogP contribution is 2.51. The second-order valence-electron chi connectivity index (χ2n) is 16.6. The Bertz CT molecular complexity index is 2260. The molecule has 1 N–H and O–H groups in total. The van der Waals surface area contributed by atoms with Gasteiger partial charge in [0.2, 0.25) is 11.8 Å². The second-order valence-corrected chi connectivity index (χ2v) is 24.6. The number of hydrogen-bond donors (Lipinski definition) is 1. The molecule has 2 amide bonds. The first-order valence-electron chi connectivity index (χ1n) is 20.2. The zero-order chi connectivity index (χ0) is 43.1. The van der Waals surface area contributed by atoms with Crippen LogP contribution in [-0.4, -0.2) is 65.9 Å². The summed E-state index contributed by atoms with van der Waals surface area (Å²) < 4.78 is 12.9. The van der Waals surface area contributed by atoms with E-state index in [0.29, 0.717) is 11.3 Å². The molecular weight excluding hydrogens is 786 g/mol. The van der Waals surface area contributed by atoms with Gasteiger partial charge in [-0.05, 0) is 58.7 Å². The molecule has 0 radical (unpaired) electrons. The van der Waals surface area contributed by atoms with Crippen molar-refractivity contribution in [2.24, 2.45) is 5.92 Å². The Morgan fingerprint density at radius 2 is 1.35 bits per heavy atom. The molecule has 11 heteroatoms. The summed E-state index contributed by atoms with van der Waals surface area (Å²) >= 11 is 0. The topological polar surface area (TPSA) is 115 Å². The van der Waals surface area contributed by atoms with Crippen LogP contribution < -0.4 is 21.2 Å². The standard InChI is InChI=1S/C49H54N3O6PSi/c1-8-32-57-48(56)47(59(39-18-12-9-13-19-39,40-20-14-10-15-21-40)41-22-16-11-17-23-41)52-42(45(46(52)55)35(2)58-60(6,7)49(3,4)5)34-43(53)37-26-24-36(25-27-37)33-44(54)51-38-28-30-50-31-29-38/h8-31,35,42,45H,1,32-34H2,2-7H3,(H,50,51,54)/t35-,42+,45+/m0/s1. The molecule has 6 rings (SSSR count). The Morgan fingerprint density at radius 1 is 0.833 bits per heavy atom. The molecule has 1 fully saturated rings. The van der Waals surface area contributed by atoms with Crippen molar-refractivity contribution in [1.29, 1.82) is 0 Å². The molecule has 0 spiro atoms. The number of Topliss-reactive ketones (excluding diaryl/α,β-unsaturated/α-hetero) is 1. The molecule has 0 bridgehead atoms. The van der Waals surface area contributed by atoms with Crippen LogP contribution in [0.2, 0.25) is 18.1 Å². The van der Waals surface area contributed by atoms with E-state index in [1.54, 1.807) is 53.7 Å². The maximum Gasteiger partial charge on any atom is 0.356 e. The zero-order valence-electron chi connectivity index (χ0n) is 35.2. The molecule has 0 unspecified atom stereocenters. The third kappa shape index (κ3) is 9.21. The van der Waals surface area contributed by atoms with E-state index >= 15 is 9.59 Å². The SMILES string of the molecule is C=CCOC(=O)C(N1C(=O)[C@H]([C@H](C)O[Si](C)(C)C(C)(C)C)[C@H]1CC(=O)c1ccc(CC(=O)Nc2ccncc2)cc1)=P(c1ccccc1)(c1ccccc1)c1ccccc1. The van der Waals surface area contributed by atoms with Crippen molar-refractivity contribution in [3.63, 3.8) is 0 Å². The Morgan fingerprint density at radius 3 is 1.83 bits per heavy atom. The number of aromatic nitrogens is 1. The maximum atomic E-state index is 15.2. The summed E-state index contributed by atoms with van der Waals surface area (Å²) in [5.41, 5.74) is 2.00. The van der Waals surface area contributed by atoms with Crippen molar-refractivity contribution in [3.8, 4) is 0 Å². The van der Waals surface area contributed by atoms with E-state index in [4.69, 9.17) is 9.16 Å². The van der Waals surface area contributed by atoms with Crippen LogP contribution in [0, 0.1) is 5.92 Å². The summed E-state index contributed by atoms with van der Waals surface area (Å²) in [5.74, 6) is -2.10. The predicted molar refractivity (Wildman–Crippen MR) is 245 cm³/mol. The lowest BCUT2D eigenvalue weighted by Crippen LogP contribution is -2.69. The van der Waals surface area contributed by atoms with Gasteiger partial charge < -0.3 is 19.4 Å². The molecular formula is C49H54N3O6PSi. The Labute approximate surface area is 355 Å². The summed E-state index contributed by atoms with van der Waals surface area (Å²) in [4.78, 5) is 63.1. The fraction of sp³-hybridized carbons (Fsp3) is 0.265. The summed E-state index contributed by atoms with van der Waals surface area (Å²) in [6, 6.07) is 39.0. The summed E-state index contributed by atoms with van der Waals surface area (Å²) in [5, 5.41) is 5.27. The van der Waals surface area contributed by atoms with E-state index in [1.807, 2.05) is 97.9 Å². The normalized spacial score (nSPS) is 16.0. The minimum atomic E-state index is -3.21. The van der Waals surface area contributed by atoms with Crippen molar-refractivity contribution in [2.45, 2.75) is 70.8 Å². The first-order chi connectivity index (χ1) is 28.7. The lowest BCUT2D eigenvalue weighted by atomic mass is 9.79. The smallest absolute Gasteiger partial charge is 0.356 e. The highest BCUT2D eigenvalue weighted by atomic mass is 31.2. The summed E-state index contributed by atoms with van der Waals surface area (Å²) in [7, 11) is -2.40. The number of carbonyl (C=O) groups is 4. The molecule has 0 aliphatic carbocycles. The fourth-order valence-electron chi connectivity index (χ4n) is 7.58. The molecule has 1 aliphatic heterocycles. The van der Waals surface area contributed by atoms with Gasteiger partial charge in [-0.3, -0.25) is 19.4 Å². The van der Waals surface area contributed by atoms with E-state index in [0.717, 1.165) is 21.5 Å². The monoisotopic (exact) mass is 839 g/mol. The van der Waals surface area contributed by atoms with E-state index in [9.17, 15) is 9.59 Å². The summed E-state index contributed by atoms with van der Waals surface area (Å²) in [6.45, 7) is 13.1. The summed E-state index contributed by atoms with van der Waals surface area (Å²) in [6.07, 6.45) is 4.19. The van der Waals surface area contributed by atoms with Crippen LogP contribution in [-0.2, 0) is 30.0 Å². The van der Waals surface area contributed by atoms with Gasteiger partial charge in [0.15, 0.2) is 14.1 Å². The molecule has 60 heavy (non-hydrogen) atoms. The van der Waals surface area contributed by atoms with Gasteiger partial charge in [-0.1, -0.05) is 149 Å². The number of ketones is 1. The minimum Gasteiger partial charge on any atom is -0.457 e. The first kappa shape index (κ1) is 43.9. The van der Waals surface area contributed by atoms with Crippen LogP contribution in [0.4, 0.5) is 5.69 Å². The van der Waals surface area contributed by atoms with Crippen molar-refractivity contribution < 1.29 is 28.3 Å². The highest BCUT2D eigenvalue weighted by molar-refractivity contribution is 7.96. The zero-order valence-corrected chi connectivity index (χ0v) is 37.1. The molecule has 9 nitrogen and oxygen atoms in total. The molecule has 4 aromatic carbocycles.